The Hall–Kier alpha value is -1.31. The lowest BCUT2D eigenvalue weighted by Crippen LogP contribution is -2.26. The molecule has 23 heavy (non-hydrogen) atoms. The number of rotatable bonds is 8. The normalized spacial score (nSPS) is 12.1. The minimum atomic E-state index is -0.272. The van der Waals surface area contributed by atoms with Gasteiger partial charge in [-0.1, -0.05) is 28.1 Å². The van der Waals surface area contributed by atoms with E-state index in [-0.39, 0.29) is 17.6 Å². The molecule has 5 nitrogen and oxygen atoms in total. The molecular weight excluding hydrogens is 378 g/mol. The minimum Gasteiger partial charge on any atom is -0.446 e. The van der Waals surface area contributed by atoms with Crippen molar-refractivity contribution in [1.82, 2.24) is 10.3 Å². The number of thioether (sulfide) groups is 1. The van der Waals surface area contributed by atoms with Crippen LogP contribution in [0.15, 0.2) is 39.4 Å². The molecule has 1 unspecified atom stereocenters. The van der Waals surface area contributed by atoms with Crippen molar-refractivity contribution in [3.8, 4) is 0 Å². The lowest BCUT2D eigenvalue weighted by atomic mass is 10.1. The molecule has 0 aliphatic rings. The highest BCUT2D eigenvalue weighted by Gasteiger charge is 2.16. The van der Waals surface area contributed by atoms with E-state index in [4.69, 9.17) is 10.2 Å². The van der Waals surface area contributed by atoms with Gasteiger partial charge in [-0.2, -0.15) is 11.8 Å². The highest BCUT2D eigenvalue weighted by molar-refractivity contribution is 9.10. The molecule has 1 heterocycles. The van der Waals surface area contributed by atoms with E-state index in [1.807, 2.05) is 30.5 Å². The van der Waals surface area contributed by atoms with Crippen LogP contribution in [-0.2, 0) is 6.42 Å². The van der Waals surface area contributed by atoms with Crippen molar-refractivity contribution in [1.29, 1.82) is 0 Å². The summed E-state index contributed by atoms with van der Waals surface area (Å²) in [5, 5.41) is 2.84. The molecule has 0 aliphatic carbocycles. The van der Waals surface area contributed by atoms with E-state index in [2.05, 4.69) is 26.2 Å². The molecule has 0 spiro atoms. The van der Waals surface area contributed by atoms with Crippen molar-refractivity contribution in [3.05, 3.63) is 52.1 Å². The number of nitrogens with one attached hydrogen (secondary N) is 1. The maximum atomic E-state index is 12.1. The number of nitrogens with two attached hydrogens (primary N) is 1. The predicted molar refractivity (Wildman–Crippen MR) is 96.6 cm³/mol. The summed E-state index contributed by atoms with van der Waals surface area (Å²) < 4.78 is 6.35. The van der Waals surface area contributed by atoms with E-state index in [9.17, 15) is 4.79 Å². The maximum absolute atomic E-state index is 12.1. The van der Waals surface area contributed by atoms with Gasteiger partial charge >= 0.3 is 0 Å². The van der Waals surface area contributed by atoms with Crippen molar-refractivity contribution >= 4 is 33.6 Å². The average molecular weight is 398 g/mol. The number of carbonyl (C=O) groups is 1. The van der Waals surface area contributed by atoms with Gasteiger partial charge in [-0.3, -0.25) is 4.79 Å². The standard InChI is InChI=1S/C16H20BrN3O2S/c1-23-9-7-13(18)16-20-14(10-22-16)15(21)19-8-6-11-2-4-12(17)5-3-11/h2-5,10,13H,6-9,18H2,1H3,(H,19,21). The van der Waals surface area contributed by atoms with Gasteiger partial charge < -0.3 is 15.5 Å². The van der Waals surface area contributed by atoms with Gasteiger partial charge in [0.05, 0.1) is 6.04 Å². The Morgan fingerprint density at radius 2 is 2.17 bits per heavy atom. The number of hydrogen-bond donors (Lipinski definition) is 2. The molecule has 0 bridgehead atoms. The Bertz CT molecular complexity index is 631. The second-order valence-electron chi connectivity index (χ2n) is 5.09. The molecule has 0 fully saturated rings. The van der Waals surface area contributed by atoms with Gasteiger partial charge in [0.25, 0.3) is 5.91 Å². The highest BCUT2D eigenvalue weighted by Crippen LogP contribution is 2.15. The summed E-state index contributed by atoms with van der Waals surface area (Å²) in [6, 6.07) is 7.74. The third-order valence-electron chi connectivity index (χ3n) is 3.32. The largest absolute Gasteiger partial charge is 0.446 e. The summed E-state index contributed by atoms with van der Waals surface area (Å²) in [6.45, 7) is 0.543. The maximum Gasteiger partial charge on any atom is 0.273 e. The van der Waals surface area contributed by atoms with Crippen molar-refractivity contribution in [2.45, 2.75) is 18.9 Å². The third kappa shape index (κ3) is 5.67. The van der Waals surface area contributed by atoms with Gasteiger partial charge in [0.2, 0.25) is 5.89 Å². The van der Waals surface area contributed by atoms with Crippen LogP contribution < -0.4 is 11.1 Å². The van der Waals surface area contributed by atoms with E-state index in [1.165, 1.54) is 6.26 Å². The number of halogens is 1. The molecule has 0 radical (unpaired) electrons. The molecule has 0 saturated carbocycles. The first-order valence-electron chi connectivity index (χ1n) is 7.32. The summed E-state index contributed by atoms with van der Waals surface area (Å²) in [5.74, 6) is 1.10. The van der Waals surface area contributed by atoms with Crippen molar-refractivity contribution in [2.75, 3.05) is 18.6 Å². The second kappa shape index (κ2) is 9.10. The number of benzene rings is 1. The van der Waals surface area contributed by atoms with E-state index in [0.717, 1.165) is 28.6 Å². The van der Waals surface area contributed by atoms with Gasteiger partial charge in [0.15, 0.2) is 5.69 Å². The van der Waals surface area contributed by atoms with Gasteiger partial charge in [-0.25, -0.2) is 4.98 Å². The molecule has 3 N–H and O–H groups in total. The highest BCUT2D eigenvalue weighted by atomic mass is 79.9. The van der Waals surface area contributed by atoms with Crippen LogP contribution in [-0.4, -0.2) is 29.4 Å². The van der Waals surface area contributed by atoms with Gasteiger partial charge in [0.1, 0.15) is 6.26 Å². The number of hydrogen-bond acceptors (Lipinski definition) is 5. The lowest BCUT2D eigenvalue weighted by Gasteiger charge is -2.05. The molecule has 1 aromatic carbocycles. The zero-order valence-corrected chi connectivity index (χ0v) is 15.3. The summed E-state index contributed by atoms with van der Waals surface area (Å²) in [6.07, 6.45) is 4.92. The van der Waals surface area contributed by atoms with Crippen molar-refractivity contribution in [3.63, 3.8) is 0 Å². The summed E-state index contributed by atoms with van der Waals surface area (Å²) >= 11 is 5.11. The van der Waals surface area contributed by atoms with Gasteiger partial charge in [-0.05, 0) is 42.5 Å². The summed E-state index contributed by atoms with van der Waals surface area (Å²) in [4.78, 5) is 16.2. The Balaban J connectivity index is 1.81. The molecule has 124 valence electrons. The smallest absolute Gasteiger partial charge is 0.273 e. The molecule has 1 aromatic heterocycles. The van der Waals surface area contributed by atoms with Crippen molar-refractivity contribution < 1.29 is 9.21 Å². The van der Waals surface area contributed by atoms with Crippen LogP contribution in [0.1, 0.15) is 34.4 Å². The third-order valence-corrected chi connectivity index (χ3v) is 4.49. The quantitative estimate of drug-likeness (QED) is 0.714. The van der Waals surface area contributed by atoms with Gasteiger partial charge in [0, 0.05) is 11.0 Å². The molecule has 7 heteroatoms. The number of amides is 1. The second-order valence-corrected chi connectivity index (χ2v) is 6.99. The first-order valence-corrected chi connectivity index (χ1v) is 9.51. The van der Waals surface area contributed by atoms with E-state index in [1.54, 1.807) is 11.8 Å². The fourth-order valence-corrected chi connectivity index (χ4v) is 2.75. The lowest BCUT2D eigenvalue weighted by molar-refractivity contribution is 0.0949. The number of carbonyl (C=O) groups excluding carboxylic acids is 1. The molecular formula is C16H20BrN3O2S. The molecule has 0 saturated heterocycles. The van der Waals surface area contributed by atoms with Crippen LogP contribution in [0, 0.1) is 0 Å². The number of aromatic nitrogens is 1. The first-order chi connectivity index (χ1) is 11.1. The topological polar surface area (TPSA) is 81.1 Å². The molecule has 2 rings (SSSR count). The fraction of sp³-hybridized carbons (Fsp3) is 0.375. The van der Waals surface area contributed by atoms with Crippen LogP contribution in [0.2, 0.25) is 0 Å². The average Bonchev–Trinajstić information content (AvgIpc) is 3.04. The van der Waals surface area contributed by atoms with Crippen LogP contribution >= 0.6 is 27.7 Å². The zero-order valence-electron chi connectivity index (χ0n) is 12.9. The Labute approximate surface area is 148 Å². The van der Waals surface area contributed by atoms with Crippen LogP contribution in [0.25, 0.3) is 0 Å². The Morgan fingerprint density at radius 3 is 2.87 bits per heavy atom. The fourth-order valence-electron chi connectivity index (χ4n) is 1.99. The van der Waals surface area contributed by atoms with E-state index >= 15 is 0 Å². The number of nitrogens with zero attached hydrogens (tertiary/aromatic N) is 1. The SMILES string of the molecule is CSCCC(N)c1nc(C(=O)NCCc2ccc(Br)cc2)co1. The van der Waals surface area contributed by atoms with Crippen molar-refractivity contribution in [2.24, 2.45) is 5.73 Å². The van der Waals surface area contributed by atoms with Crippen LogP contribution in [0.3, 0.4) is 0 Å². The summed E-state index contributed by atoms with van der Waals surface area (Å²) in [7, 11) is 0. The molecule has 0 aliphatic heterocycles. The van der Waals surface area contributed by atoms with Crippen LogP contribution in [0.4, 0.5) is 0 Å². The van der Waals surface area contributed by atoms with E-state index in [0.29, 0.717) is 12.4 Å². The zero-order chi connectivity index (χ0) is 16.7. The Morgan fingerprint density at radius 1 is 1.43 bits per heavy atom. The van der Waals surface area contributed by atoms with E-state index < -0.39 is 0 Å². The van der Waals surface area contributed by atoms with Gasteiger partial charge in [-0.15, -0.1) is 0 Å². The monoisotopic (exact) mass is 397 g/mol. The minimum absolute atomic E-state index is 0.242. The molecule has 1 amide bonds. The van der Waals surface area contributed by atoms with Crippen LogP contribution in [0.5, 0.6) is 0 Å². The Kier molecular flexibility index (Phi) is 7.14. The first kappa shape index (κ1) is 18.0. The number of oxazole rings is 1. The molecule has 2 aromatic rings. The summed E-state index contributed by atoms with van der Waals surface area (Å²) in [5.41, 5.74) is 7.41. The predicted octanol–water partition coefficient (Wildman–Crippen LogP) is 3.16. The molecule has 1 atom stereocenters.